The molecule has 0 N–H and O–H groups in total. The fraction of sp³-hybridized carbons (Fsp3) is 0.520. The number of nitrogens with zero attached hydrogens (tertiary/aromatic N) is 6. The Bertz CT molecular complexity index is 1230. The van der Waals surface area contributed by atoms with Gasteiger partial charge < -0.3 is 14.5 Å². The molecule has 33 heavy (non-hydrogen) atoms. The predicted octanol–water partition coefficient (Wildman–Crippen LogP) is 2.95. The van der Waals surface area contributed by atoms with E-state index in [0.29, 0.717) is 12.0 Å². The molecule has 0 saturated carbocycles. The largest absolute Gasteiger partial charge is 0.457 e. The summed E-state index contributed by atoms with van der Waals surface area (Å²) in [6.45, 7) is 10.0. The van der Waals surface area contributed by atoms with E-state index in [-0.39, 0.29) is 5.97 Å². The van der Waals surface area contributed by atoms with Crippen molar-refractivity contribution in [3.63, 3.8) is 0 Å². The second kappa shape index (κ2) is 7.80. The van der Waals surface area contributed by atoms with Gasteiger partial charge in [0.15, 0.2) is 11.5 Å². The van der Waals surface area contributed by atoms with E-state index in [1.54, 1.807) is 0 Å². The van der Waals surface area contributed by atoms with E-state index in [0.717, 1.165) is 67.6 Å². The molecule has 5 heterocycles. The Morgan fingerprint density at radius 2 is 1.85 bits per heavy atom. The molecule has 2 fully saturated rings. The summed E-state index contributed by atoms with van der Waals surface area (Å²) in [6, 6.07) is 8.15. The van der Waals surface area contributed by atoms with Gasteiger partial charge in [0.25, 0.3) is 0 Å². The van der Waals surface area contributed by atoms with Crippen molar-refractivity contribution in [1.82, 2.24) is 24.7 Å². The SMILES string of the molecule is Cc1c(CCN2CCC3(CC2)CCN(c2ccc4nnc(C)n4n2)C3)ccc2c1COC2=O. The lowest BCUT2D eigenvalue weighted by atomic mass is 9.77. The van der Waals surface area contributed by atoms with Crippen molar-refractivity contribution in [2.45, 2.75) is 46.1 Å². The molecule has 0 amide bonds. The molecule has 2 aromatic heterocycles. The summed E-state index contributed by atoms with van der Waals surface area (Å²) in [5.74, 6) is 1.67. The number of anilines is 1. The van der Waals surface area contributed by atoms with Gasteiger partial charge >= 0.3 is 5.97 Å². The zero-order valence-electron chi connectivity index (χ0n) is 19.4. The van der Waals surface area contributed by atoms with E-state index in [9.17, 15) is 4.79 Å². The number of aromatic nitrogens is 4. The van der Waals surface area contributed by atoms with Crippen LogP contribution in [0, 0.1) is 19.3 Å². The number of carbonyl (C=O) groups is 1. The van der Waals surface area contributed by atoms with Crippen LogP contribution in [0.4, 0.5) is 5.82 Å². The van der Waals surface area contributed by atoms with Crippen molar-refractivity contribution in [3.05, 3.63) is 52.3 Å². The van der Waals surface area contributed by atoms with Gasteiger partial charge in [0.2, 0.25) is 0 Å². The maximum absolute atomic E-state index is 11.8. The summed E-state index contributed by atoms with van der Waals surface area (Å²) in [4.78, 5) is 16.8. The number of esters is 1. The molecule has 2 saturated heterocycles. The first kappa shape index (κ1) is 20.6. The number of rotatable bonds is 4. The second-order valence-electron chi connectivity index (χ2n) is 9.92. The van der Waals surface area contributed by atoms with E-state index < -0.39 is 0 Å². The Morgan fingerprint density at radius 3 is 2.70 bits per heavy atom. The van der Waals surface area contributed by atoms with Gasteiger partial charge in [-0.1, -0.05) is 6.07 Å². The molecule has 0 bridgehead atoms. The molecule has 0 radical (unpaired) electrons. The average Bonchev–Trinajstić information content (AvgIpc) is 3.53. The minimum absolute atomic E-state index is 0.182. The second-order valence-corrected chi connectivity index (χ2v) is 9.92. The molecule has 3 aliphatic heterocycles. The third kappa shape index (κ3) is 3.57. The van der Waals surface area contributed by atoms with Crippen LogP contribution in [0.15, 0.2) is 24.3 Å². The number of hydrogen-bond donors (Lipinski definition) is 0. The van der Waals surface area contributed by atoms with Crippen LogP contribution >= 0.6 is 0 Å². The van der Waals surface area contributed by atoms with E-state index in [4.69, 9.17) is 9.84 Å². The number of aryl methyl sites for hydroxylation is 1. The molecule has 0 unspecified atom stereocenters. The highest BCUT2D eigenvalue weighted by molar-refractivity contribution is 5.93. The molecule has 0 atom stereocenters. The van der Waals surface area contributed by atoms with Crippen molar-refractivity contribution in [1.29, 1.82) is 0 Å². The third-order valence-electron chi connectivity index (χ3n) is 8.06. The van der Waals surface area contributed by atoms with E-state index in [1.807, 2.05) is 23.6 Å². The summed E-state index contributed by atoms with van der Waals surface area (Å²) in [7, 11) is 0. The van der Waals surface area contributed by atoms with Crippen molar-refractivity contribution in [3.8, 4) is 0 Å². The van der Waals surface area contributed by atoms with Crippen LogP contribution < -0.4 is 4.90 Å². The maximum atomic E-state index is 11.8. The highest BCUT2D eigenvalue weighted by Gasteiger charge is 2.41. The van der Waals surface area contributed by atoms with Crippen LogP contribution in [-0.2, 0) is 17.8 Å². The number of ether oxygens (including phenoxy) is 1. The summed E-state index contributed by atoms with van der Waals surface area (Å²) in [5, 5.41) is 13.1. The van der Waals surface area contributed by atoms with Crippen molar-refractivity contribution in [2.75, 3.05) is 37.6 Å². The molecule has 3 aromatic rings. The highest BCUT2D eigenvalue weighted by atomic mass is 16.5. The van der Waals surface area contributed by atoms with Crippen LogP contribution in [-0.4, -0.2) is 63.4 Å². The molecule has 1 spiro atoms. The van der Waals surface area contributed by atoms with Crippen LogP contribution in [0.2, 0.25) is 0 Å². The Morgan fingerprint density at radius 1 is 1.03 bits per heavy atom. The number of piperidine rings is 1. The van der Waals surface area contributed by atoms with Crippen molar-refractivity contribution >= 4 is 17.4 Å². The van der Waals surface area contributed by atoms with Gasteiger partial charge in [-0.15, -0.1) is 15.3 Å². The van der Waals surface area contributed by atoms with Crippen LogP contribution in [0.5, 0.6) is 0 Å². The maximum Gasteiger partial charge on any atom is 0.338 e. The Kier molecular flexibility index (Phi) is 4.87. The lowest BCUT2D eigenvalue weighted by molar-refractivity contribution is 0.0535. The summed E-state index contributed by atoms with van der Waals surface area (Å²) in [5.41, 5.74) is 5.59. The lowest BCUT2D eigenvalue weighted by Gasteiger charge is -2.39. The standard InChI is InChI=1S/C25H30N6O2/c1-17-19(3-4-20-21(17)15-33-24(20)32)7-11-29-12-8-25(9-13-29)10-14-30(16-25)23-6-5-22-27-26-18(2)31(22)28-23/h3-6H,7-16H2,1-2H3. The van der Waals surface area contributed by atoms with Gasteiger partial charge in [-0.3, -0.25) is 0 Å². The summed E-state index contributed by atoms with van der Waals surface area (Å²) in [6.07, 6.45) is 4.74. The molecule has 8 heteroatoms. The van der Waals surface area contributed by atoms with Gasteiger partial charge in [0, 0.05) is 25.2 Å². The van der Waals surface area contributed by atoms with E-state index >= 15 is 0 Å². The topological polar surface area (TPSA) is 75.9 Å². The number of fused-ring (bicyclic) bond motifs is 2. The molecule has 1 aromatic carbocycles. The summed E-state index contributed by atoms with van der Waals surface area (Å²) < 4.78 is 7.04. The van der Waals surface area contributed by atoms with Crippen LogP contribution in [0.3, 0.4) is 0 Å². The molecular weight excluding hydrogens is 416 g/mol. The number of cyclic esters (lactones) is 1. The van der Waals surface area contributed by atoms with Crippen molar-refractivity contribution in [2.24, 2.45) is 5.41 Å². The van der Waals surface area contributed by atoms with Crippen LogP contribution in [0.25, 0.3) is 5.65 Å². The monoisotopic (exact) mass is 446 g/mol. The first-order valence-corrected chi connectivity index (χ1v) is 12.0. The Labute approximate surface area is 193 Å². The zero-order chi connectivity index (χ0) is 22.6. The minimum atomic E-state index is -0.182. The van der Waals surface area contributed by atoms with Gasteiger partial charge in [-0.05, 0) is 87.4 Å². The van der Waals surface area contributed by atoms with Gasteiger partial charge in [-0.2, -0.15) is 4.52 Å². The number of benzene rings is 1. The van der Waals surface area contributed by atoms with Gasteiger partial charge in [-0.25, -0.2) is 4.79 Å². The average molecular weight is 447 g/mol. The normalized spacial score (nSPS) is 20.1. The number of hydrogen-bond acceptors (Lipinski definition) is 7. The predicted molar refractivity (Wildman–Crippen MR) is 124 cm³/mol. The first-order chi connectivity index (χ1) is 16.0. The fourth-order valence-corrected chi connectivity index (χ4v) is 5.79. The smallest absolute Gasteiger partial charge is 0.338 e. The third-order valence-corrected chi connectivity index (χ3v) is 8.06. The number of likely N-dealkylation sites (tertiary alicyclic amines) is 1. The molecule has 0 aliphatic carbocycles. The highest BCUT2D eigenvalue weighted by Crippen LogP contribution is 2.41. The lowest BCUT2D eigenvalue weighted by Crippen LogP contribution is -2.42. The van der Waals surface area contributed by atoms with E-state index in [1.165, 1.54) is 30.4 Å². The van der Waals surface area contributed by atoms with E-state index in [2.05, 4.69) is 39.1 Å². The molecule has 172 valence electrons. The van der Waals surface area contributed by atoms with Crippen LogP contribution in [0.1, 0.15) is 52.1 Å². The van der Waals surface area contributed by atoms with Gasteiger partial charge in [0.05, 0.1) is 5.56 Å². The van der Waals surface area contributed by atoms with Gasteiger partial charge in [0.1, 0.15) is 12.4 Å². The summed E-state index contributed by atoms with van der Waals surface area (Å²) >= 11 is 0. The Balaban J connectivity index is 1.06. The molecule has 8 nitrogen and oxygen atoms in total. The number of carbonyl (C=O) groups excluding carboxylic acids is 1. The first-order valence-electron chi connectivity index (χ1n) is 12.0. The Hall–Kier alpha value is -3.00. The zero-order valence-corrected chi connectivity index (χ0v) is 19.4. The fourth-order valence-electron chi connectivity index (χ4n) is 5.79. The molecule has 6 rings (SSSR count). The molecule has 3 aliphatic rings. The van der Waals surface area contributed by atoms with Crippen molar-refractivity contribution < 1.29 is 9.53 Å². The molecular formula is C25H30N6O2. The quantitative estimate of drug-likeness (QED) is 0.571. The minimum Gasteiger partial charge on any atom is -0.457 e.